The van der Waals surface area contributed by atoms with Crippen LogP contribution in [0.15, 0.2) is 53.7 Å². The third kappa shape index (κ3) is 3.01. The van der Waals surface area contributed by atoms with Gasteiger partial charge in [-0.25, -0.2) is 4.98 Å². The Kier molecular flexibility index (Phi) is 3.77. The second-order valence-corrected chi connectivity index (χ2v) is 6.95. The summed E-state index contributed by atoms with van der Waals surface area (Å²) in [7, 11) is 0. The molecular formula is C18H14N4O2S. The number of aryl methyl sites for hydroxylation is 1. The van der Waals surface area contributed by atoms with Gasteiger partial charge >= 0.3 is 0 Å². The van der Waals surface area contributed by atoms with Crippen molar-refractivity contribution < 1.29 is 4.79 Å². The van der Waals surface area contributed by atoms with Gasteiger partial charge in [0, 0.05) is 10.3 Å². The highest BCUT2D eigenvalue weighted by Gasteiger charge is 2.10. The quantitative estimate of drug-likeness (QED) is 0.616. The van der Waals surface area contributed by atoms with Gasteiger partial charge in [-0.05, 0) is 25.1 Å². The fourth-order valence-electron chi connectivity index (χ4n) is 2.69. The average Bonchev–Trinajstić information content (AvgIpc) is 2.99. The number of anilines is 1. The third-order valence-corrected chi connectivity index (χ3v) is 4.79. The molecule has 0 saturated carbocycles. The summed E-state index contributed by atoms with van der Waals surface area (Å²) in [6, 6.07) is 11.3. The van der Waals surface area contributed by atoms with E-state index in [0.29, 0.717) is 15.9 Å². The minimum absolute atomic E-state index is 0.0938. The van der Waals surface area contributed by atoms with Gasteiger partial charge in [-0.2, -0.15) is 0 Å². The monoisotopic (exact) mass is 350 g/mol. The van der Waals surface area contributed by atoms with Gasteiger partial charge in [0.15, 0.2) is 0 Å². The molecule has 0 unspecified atom stereocenters. The van der Waals surface area contributed by atoms with E-state index in [4.69, 9.17) is 0 Å². The first-order valence-corrected chi connectivity index (χ1v) is 8.52. The van der Waals surface area contributed by atoms with Crippen molar-refractivity contribution in [2.45, 2.75) is 13.5 Å². The lowest BCUT2D eigenvalue weighted by atomic mass is 10.2. The number of carbonyl (C=O) groups is 1. The molecule has 4 rings (SSSR count). The van der Waals surface area contributed by atoms with Crippen molar-refractivity contribution >= 4 is 44.1 Å². The molecule has 1 N–H and O–H groups in total. The molecule has 0 aliphatic heterocycles. The van der Waals surface area contributed by atoms with E-state index in [1.165, 1.54) is 22.2 Å². The molecule has 7 heteroatoms. The predicted octanol–water partition coefficient (Wildman–Crippen LogP) is 2.95. The van der Waals surface area contributed by atoms with Crippen molar-refractivity contribution in [1.82, 2.24) is 14.5 Å². The molecule has 1 amide bonds. The van der Waals surface area contributed by atoms with Crippen LogP contribution in [-0.2, 0) is 11.3 Å². The van der Waals surface area contributed by atoms with Gasteiger partial charge in [-0.3, -0.25) is 19.1 Å². The molecule has 6 nitrogen and oxygen atoms in total. The number of fused-ring (bicyclic) bond motifs is 2. The number of hydrogen-bond donors (Lipinski definition) is 1. The Morgan fingerprint density at radius 3 is 2.96 bits per heavy atom. The van der Waals surface area contributed by atoms with E-state index in [9.17, 15) is 9.59 Å². The van der Waals surface area contributed by atoms with Gasteiger partial charge < -0.3 is 5.32 Å². The Bertz CT molecular complexity index is 1160. The van der Waals surface area contributed by atoms with Gasteiger partial charge in [-0.1, -0.05) is 18.2 Å². The maximum Gasteiger partial charge on any atom is 0.262 e. The van der Waals surface area contributed by atoms with E-state index in [-0.39, 0.29) is 18.0 Å². The topological polar surface area (TPSA) is 76.9 Å². The number of thiophene rings is 1. The second kappa shape index (κ2) is 6.10. The first-order chi connectivity index (χ1) is 12.1. The predicted molar refractivity (Wildman–Crippen MR) is 99.0 cm³/mol. The highest BCUT2D eigenvalue weighted by atomic mass is 32.1. The Morgan fingerprint density at radius 2 is 2.08 bits per heavy atom. The molecule has 0 bridgehead atoms. The number of para-hydroxylation sites is 1. The van der Waals surface area contributed by atoms with Crippen LogP contribution in [0.2, 0.25) is 0 Å². The molecule has 0 atom stereocenters. The first kappa shape index (κ1) is 15.5. The van der Waals surface area contributed by atoms with Crippen molar-refractivity contribution in [2.24, 2.45) is 0 Å². The summed E-state index contributed by atoms with van der Waals surface area (Å²) in [5, 5.41) is 4.26. The molecule has 3 heterocycles. The highest BCUT2D eigenvalue weighted by molar-refractivity contribution is 7.18. The number of carbonyl (C=O) groups excluding carboxylic acids is 1. The van der Waals surface area contributed by atoms with Crippen molar-refractivity contribution in [3.05, 3.63) is 64.2 Å². The number of nitrogens with one attached hydrogen (secondary N) is 1. The summed E-state index contributed by atoms with van der Waals surface area (Å²) >= 11 is 1.46. The van der Waals surface area contributed by atoms with Gasteiger partial charge in [-0.15, -0.1) is 11.3 Å². The summed E-state index contributed by atoms with van der Waals surface area (Å²) in [4.78, 5) is 35.0. The maximum absolute atomic E-state index is 12.4. The van der Waals surface area contributed by atoms with E-state index in [1.54, 1.807) is 12.3 Å². The van der Waals surface area contributed by atoms with Crippen LogP contribution in [0.25, 0.3) is 21.1 Å². The van der Waals surface area contributed by atoms with Crippen LogP contribution >= 0.6 is 11.3 Å². The second-order valence-electron chi connectivity index (χ2n) is 5.72. The Labute approximate surface area is 146 Å². The zero-order chi connectivity index (χ0) is 17.4. The largest absolute Gasteiger partial charge is 0.323 e. The molecule has 4 aromatic rings. The van der Waals surface area contributed by atoms with Crippen LogP contribution in [-0.4, -0.2) is 20.4 Å². The molecule has 1 aromatic carbocycles. The van der Waals surface area contributed by atoms with E-state index in [1.807, 2.05) is 37.3 Å². The maximum atomic E-state index is 12.4. The lowest BCUT2D eigenvalue weighted by molar-refractivity contribution is -0.116. The fraction of sp³-hybridized carbons (Fsp3) is 0.111. The Morgan fingerprint density at radius 1 is 1.24 bits per heavy atom. The number of aromatic nitrogens is 3. The van der Waals surface area contributed by atoms with Crippen LogP contribution in [0, 0.1) is 6.92 Å². The van der Waals surface area contributed by atoms with E-state index >= 15 is 0 Å². The molecule has 124 valence electrons. The van der Waals surface area contributed by atoms with Gasteiger partial charge in [0.25, 0.3) is 5.56 Å². The lowest BCUT2D eigenvalue weighted by Gasteiger charge is -2.07. The standard InChI is InChI=1S/C18H14N4O2S/c1-11-6-14-17(25-11)20-10-22(18(14)24)9-16(23)21-13-7-12-4-2-3-5-15(12)19-8-13/h2-8,10H,9H2,1H3,(H,21,23). The molecule has 0 fully saturated rings. The highest BCUT2D eigenvalue weighted by Crippen LogP contribution is 2.19. The van der Waals surface area contributed by atoms with Gasteiger partial charge in [0.1, 0.15) is 11.4 Å². The normalized spacial score (nSPS) is 11.1. The zero-order valence-corrected chi connectivity index (χ0v) is 14.2. The number of nitrogens with zero attached hydrogens (tertiary/aromatic N) is 3. The van der Waals surface area contributed by atoms with Crippen LogP contribution < -0.4 is 10.9 Å². The molecule has 3 aromatic heterocycles. The fourth-order valence-corrected chi connectivity index (χ4v) is 3.53. The van der Waals surface area contributed by atoms with Crippen LogP contribution in [0.5, 0.6) is 0 Å². The molecule has 0 saturated heterocycles. The van der Waals surface area contributed by atoms with E-state index in [2.05, 4.69) is 15.3 Å². The number of amides is 1. The lowest BCUT2D eigenvalue weighted by Crippen LogP contribution is -2.27. The first-order valence-electron chi connectivity index (χ1n) is 7.70. The summed E-state index contributed by atoms with van der Waals surface area (Å²) in [6.07, 6.45) is 3.02. The minimum Gasteiger partial charge on any atom is -0.323 e. The minimum atomic E-state index is -0.299. The number of rotatable bonds is 3. The summed E-state index contributed by atoms with van der Waals surface area (Å²) < 4.78 is 1.32. The van der Waals surface area contributed by atoms with Crippen LogP contribution in [0.3, 0.4) is 0 Å². The zero-order valence-electron chi connectivity index (χ0n) is 13.4. The molecular weight excluding hydrogens is 336 g/mol. The summed E-state index contributed by atoms with van der Waals surface area (Å²) in [5.74, 6) is -0.299. The Balaban J connectivity index is 1.57. The third-order valence-electron chi connectivity index (χ3n) is 3.83. The van der Waals surface area contributed by atoms with E-state index < -0.39 is 0 Å². The van der Waals surface area contributed by atoms with E-state index in [0.717, 1.165) is 15.8 Å². The SMILES string of the molecule is Cc1cc2c(=O)n(CC(=O)Nc3cnc4ccccc4c3)cnc2s1. The molecule has 0 aliphatic rings. The molecule has 0 radical (unpaired) electrons. The van der Waals surface area contributed by atoms with Crippen molar-refractivity contribution in [3.63, 3.8) is 0 Å². The van der Waals surface area contributed by atoms with Crippen molar-refractivity contribution in [1.29, 1.82) is 0 Å². The van der Waals surface area contributed by atoms with Crippen molar-refractivity contribution in [2.75, 3.05) is 5.32 Å². The van der Waals surface area contributed by atoms with Crippen LogP contribution in [0.4, 0.5) is 5.69 Å². The van der Waals surface area contributed by atoms with Crippen LogP contribution in [0.1, 0.15) is 4.88 Å². The Hall–Kier alpha value is -3.06. The number of hydrogen-bond acceptors (Lipinski definition) is 5. The summed E-state index contributed by atoms with van der Waals surface area (Å²) in [5.41, 5.74) is 1.25. The smallest absolute Gasteiger partial charge is 0.262 e. The van der Waals surface area contributed by atoms with Gasteiger partial charge in [0.05, 0.1) is 29.1 Å². The summed E-state index contributed by atoms with van der Waals surface area (Å²) in [6.45, 7) is 1.83. The number of benzene rings is 1. The molecule has 25 heavy (non-hydrogen) atoms. The molecule has 0 aliphatic carbocycles. The van der Waals surface area contributed by atoms with Crippen molar-refractivity contribution in [3.8, 4) is 0 Å². The van der Waals surface area contributed by atoms with Gasteiger partial charge in [0.2, 0.25) is 5.91 Å². The average molecular weight is 350 g/mol. The molecule has 0 spiro atoms. The number of pyridine rings is 1.